The van der Waals surface area contributed by atoms with E-state index in [2.05, 4.69) is 0 Å². The number of hydrogen-bond donors (Lipinski definition) is 0. The van der Waals surface area contributed by atoms with E-state index >= 15 is 0 Å². The zero-order chi connectivity index (χ0) is 28.1. The molecule has 6 heteroatoms. The third-order valence-electron chi connectivity index (χ3n) is 6.80. The SMILES string of the molecule is c1ccc(-c2nc(-c3ccccc3)nc(-c3ccc(-c4nc(-c5ccccc5)nc(-c5ccccc5)n4)cc3)n2)cc1. The van der Waals surface area contributed by atoms with Gasteiger partial charge < -0.3 is 0 Å². The fourth-order valence-electron chi connectivity index (χ4n) is 4.64. The van der Waals surface area contributed by atoms with Crippen LogP contribution >= 0.6 is 0 Å². The molecule has 2 aromatic heterocycles. The Balaban J connectivity index is 1.31. The molecule has 5 aromatic carbocycles. The average molecular weight is 541 g/mol. The first-order valence-corrected chi connectivity index (χ1v) is 13.6. The first kappa shape index (κ1) is 25.1. The zero-order valence-electron chi connectivity index (χ0n) is 22.5. The third kappa shape index (κ3) is 5.29. The zero-order valence-corrected chi connectivity index (χ0v) is 22.5. The Morgan fingerprint density at radius 1 is 0.190 bits per heavy atom. The highest BCUT2D eigenvalue weighted by Gasteiger charge is 2.15. The highest BCUT2D eigenvalue weighted by Crippen LogP contribution is 2.28. The van der Waals surface area contributed by atoms with Crippen molar-refractivity contribution in [2.24, 2.45) is 0 Å². The first-order valence-electron chi connectivity index (χ1n) is 13.6. The van der Waals surface area contributed by atoms with Gasteiger partial charge in [0.15, 0.2) is 34.9 Å². The summed E-state index contributed by atoms with van der Waals surface area (Å²) >= 11 is 0. The van der Waals surface area contributed by atoms with Crippen LogP contribution in [0.4, 0.5) is 0 Å². The van der Waals surface area contributed by atoms with Crippen molar-refractivity contribution in [3.8, 4) is 68.3 Å². The summed E-state index contributed by atoms with van der Waals surface area (Å²) in [7, 11) is 0. The molecule has 42 heavy (non-hydrogen) atoms. The molecule has 0 spiro atoms. The Bertz CT molecular complexity index is 1680. The number of benzene rings is 5. The highest BCUT2D eigenvalue weighted by atomic mass is 15.0. The van der Waals surface area contributed by atoms with Crippen LogP contribution in [0, 0.1) is 0 Å². The molecule has 0 aliphatic carbocycles. The third-order valence-corrected chi connectivity index (χ3v) is 6.80. The van der Waals surface area contributed by atoms with E-state index in [9.17, 15) is 0 Å². The minimum absolute atomic E-state index is 0.597. The van der Waals surface area contributed by atoms with Gasteiger partial charge in [-0.3, -0.25) is 0 Å². The second-order valence-electron chi connectivity index (χ2n) is 9.65. The van der Waals surface area contributed by atoms with E-state index in [4.69, 9.17) is 29.9 Å². The molecule has 0 saturated carbocycles. The van der Waals surface area contributed by atoms with E-state index < -0.39 is 0 Å². The predicted octanol–water partition coefficient (Wildman–Crippen LogP) is 8.06. The predicted molar refractivity (Wildman–Crippen MR) is 166 cm³/mol. The van der Waals surface area contributed by atoms with Crippen molar-refractivity contribution < 1.29 is 0 Å². The quantitative estimate of drug-likeness (QED) is 0.212. The van der Waals surface area contributed by atoms with Gasteiger partial charge in [-0.05, 0) is 0 Å². The van der Waals surface area contributed by atoms with Crippen LogP contribution in [0.5, 0.6) is 0 Å². The number of rotatable bonds is 6. The summed E-state index contributed by atoms with van der Waals surface area (Å²) < 4.78 is 0. The summed E-state index contributed by atoms with van der Waals surface area (Å²) in [4.78, 5) is 29.0. The summed E-state index contributed by atoms with van der Waals surface area (Å²) in [5, 5.41) is 0. The molecule has 198 valence electrons. The van der Waals surface area contributed by atoms with Crippen molar-refractivity contribution in [3.63, 3.8) is 0 Å². The molecule has 7 aromatic rings. The Morgan fingerprint density at radius 2 is 0.357 bits per heavy atom. The second kappa shape index (κ2) is 11.3. The van der Waals surface area contributed by atoms with Gasteiger partial charge in [-0.25, -0.2) is 29.9 Å². The lowest BCUT2D eigenvalue weighted by molar-refractivity contribution is 1.07. The summed E-state index contributed by atoms with van der Waals surface area (Å²) in [5.74, 6) is 3.70. The lowest BCUT2D eigenvalue weighted by atomic mass is 10.1. The van der Waals surface area contributed by atoms with Gasteiger partial charge in [0.25, 0.3) is 0 Å². The molecule has 6 nitrogen and oxygen atoms in total. The second-order valence-corrected chi connectivity index (χ2v) is 9.65. The van der Waals surface area contributed by atoms with Crippen LogP contribution in [0.15, 0.2) is 146 Å². The van der Waals surface area contributed by atoms with E-state index in [1.54, 1.807) is 0 Å². The first-order chi connectivity index (χ1) is 20.8. The minimum atomic E-state index is 0.597. The highest BCUT2D eigenvalue weighted by molar-refractivity contribution is 5.70. The van der Waals surface area contributed by atoms with Crippen LogP contribution in [0.3, 0.4) is 0 Å². The fraction of sp³-hybridized carbons (Fsp3) is 0. The maximum absolute atomic E-state index is 4.85. The molecular formula is C36H24N6. The van der Waals surface area contributed by atoms with Gasteiger partial charge in [-0.1, -0.05) is 146 Å². The van der Waals surface area contributed by atoms with Crippen LogP contribution in [0.2, 0.25) is 0 Å². The van der Waals surface area contributed by atoms with Gasteiger partial charge in [0, 0.05) is 33.4 Å². The van der Waals surface area contributed by atoms with Crippen molar-refractivity contribution in [2.45, 2.75) is 0 Å². The van der Waals surface area contributed by atoms with Gasteiger partial charge in [0.1, 0.15) is 0 Å². The molecular weight excluding hydrogens is 516 g/mol. The monoisotopic (exact) mass is 540 g/mol. The topological polar surface area (TPSA) is 77.3 Å². The van der Waals surface area contributed by atoms with Gasteiger partial charge in [-0.15, -0.1) is 0 Å². The van der Waals surface area contributed by atoms with Crippen LogP contribution in [-0.4, -0.2) is 29.9 Å². The molecule has 0 saturated heterocycles. The lowest BCUT2D eigenvalue weighted by Gasteiger charge is -2.10. The molecule has 0 radical (unpaired) electrons. The number of hydrogen-bond acceptors (Lipinski definition) is 6. The summed E-state index contributed by atoms with van der Waals surface area (Å²) in [6.07, 6.45) is 0. The smallest absolute Gasteiger partial charge is 0.164 e. The molecule has 0 unspecified atom stereocenters. The summed E-state index contributed by atoms with van der Waals surface area (Å²) in [6.45, 7) is 0. The molecule has 0 N–H and O–H groups in total. The van der Waals surface area contributed by atoms with Crippen LogP contribution < -0.4 is 0 Å². The van der Waals surface area contributed by atoms with Gasteiger partial charge in [-0.2, -0.15) is 0 Å². The van der Waals surface area contributed by atoms with Gasteiger partial charge in [0.2, 0.25) is 0 Å². The molecule has 0 bridgehead atoms. The molecule has 0 amide bonds. The van der Waals surface area contributed by atoms with Crippen LogP contribution in [0.25, 0.3) is 68.3 Å². The molecule has 0 aliphatic rings. The summed E-state index contributed by atoms with van der Waals surface area (Å²) in [5.41, 5.74) is 5.47. The Hall–Kier alpha value is -5.88. The Morgan fingerprint density at radius 3 is 0.548 bits per heavy atom. The largest absolute Gasteiger partial charge is 0.208 e. The van der Waals surface area contributed by atoms with Crippen molar-refractivity contribution in [1.82, 2.24) is 29.9 Å². The molecule has 7 rings (SSSR count). The van der Waals surface area contributed by atoms with Crippen molar-refractivity contribution >= 4 is 0 Å². The molecule has 0 aliphatic heterocycles. The van der Waals surface area contributed by atoms with Crippen molar-refractivity contribution in [1.29, 1.82) is 0 Å². The number of aromatic nitrogens is 6. The van der Waals surface area contributed by atoms with E-state index in [0.29, 0.717) is 34.9 Å². The molecule has 2 heterocycles. The Labute approximate surface area is 243 Å². The Kier molecular flexibility index (Phi) is 6.76. The van der Waals surface area contributed by atoms with Gasteiger partial charge >= 0.3 is 0 Å². The maximum atomic E-state index is 4.85. The minimum Gasteiger partial charge on any atom is -0.208 e. The lowest BCUT2D eigenvalue weighted by Crippen LogP contribution is -2.01. The van der Waals surface area contributed by atoms with Crippen molar-refractivity contribution in [3.05, 3.63) is 146 Å². The van der Waals surface area contributed by atoms with Crippen LogP contribution in [-0.2, 0) is 0 Å². The normalized spacial score (nSPS) is 10.9. The average Bonchev–Trinajstić information content (AvgIpc) is 3.09. The summed E-state index contributed by atoms with van der Waals surface area (Å²) in [6, 6.07) is 47.9. The van der Waals surface area contributed by atoms with E-state index in [-0.39, 0.29) is 0 Å². The van der Waals surface area contributed by atoms with E-state index in [1.807, 2.05) is 146 Å². The fourth-order valence-corrected chi connectivity index (χ4v) is 4.64. The van der Waals surface area contributed by atoms with Gasteiger partial charge in [0.05, 0.1) is 0 Å². The van der Waals surface area contributed by atoms with E-state index in [0.717, 1.165) is 33.4 Å². The molecule has 0 atom stereocenters. The maximum Gasteiger partial charge on any atom is 0.164 e. The number of nitrogens with zero attached hydrogens (tertiary/aromatic N) is 6. The van der Waals surface area contributed by atoms with Crippen LogP contribution in [0.1, 0.15) is 0 Å². The van der Waals surface area contributed by atoms with Crippen molar-refractivity contribution in [2.75, 3.05) is 0 Å². The van der Waals surface area contributed by atoms with E-state index in [1.165, 1.54) is 0 Å². The molecule has 0 fully saturated rings. The standard InChI is InChI=1S/C36H24N6/c1-5-13-25(14-6-1)31-37-32(26-15-7-2-8-16-26)40-35(39-31)29-21-23-30(24-22-29)36-41-33(27-17-9-3-10-18-27)38-34(42-36)28-19-11-4-12-20-28/h1-24H.